The van der Waals surface area contributed by atoms with Gasteiger partial charge in [0.15, 0.2) is 5.82 Å². The number of aromatic nitrogens is 3. The van der Waals surface area contributed by atoms with Gasteiger partial charge in [-0.15, -0.1) is 10.2 Å². The van der Waals surface area contributed by atoms with Gasteiger partial charge in [0.25, 0.3) is 0 Å². The van der Waals surface area contributed by atoms with E-state index in [-0.39, 0.29) is 5.41 Å². The zero-order chi connectivity index (χ0) is 14.3. The first-order chi connectivity index (χ1) is 9.45. The minimum Gasteiger partial charge on any atom is -0.318 e. The van der Waals surface area contributed by atoms with Crippen LogP contribution in [0.5, 0.6) is 0 Å². The average molecular weight is 309 g/mol. The molecule has 0 amide bonds. The van der Waals surface area contributed by atoms with Gasteiger partial charge in [0.05, 0.1) is 6.04 Å². The Morgan fingerprint density at radius 1 is 1.35 bits per heavy atom. The second-order valence-corrected chi connectivity index (χ2v) is 7.43. The molecule has 6 heteroatoms. The molecule has 0 saturated heterocycles. The number of fused-ring (bicyclic) bond motifs is 1. The van der Waals surface area contributed by atoms with Gasteiger partial charge in [0.1, 0.15) is 0 Å². The third kappa shape index (κ3) is 2.52. The van der Waals surface area contributed by atoms with Crippen molar-refractivity contribution in [1.29, 1.82) is 0 Å². The van der Waals surface area contributed by atoms with Crippen LogP contribution in [-0.4, -0.2) is 26.7 Å². The minimum absolute atomic E-state index is 0.181. The van der Waals surface area contributed by atoms with Gasteiger partial charge in [-0.1, -0.05) is 56.3 Å². The smallest absolute Gasteiger partial charge is 0.210 e. The first-order valence-corrected chi connectivity index (χ1v) is 7.92. The van der Waals surface area contributed by atoms with E-state index in [9.17, 15) is 0 Å². The van der Waals surface area contributed by atoms with Crippen molar-refractivity contribution < 1.29 is 0 Å². The maximum Gasteiger partial charge on any atom is 0.210 e. The van der Waals surface area contributed by atoms with E-state index in [0.29, 0.717) is 11.1 Å². The Labute approximate surface area is 127 Å². The van der Waals surface area contributed by atoms with Crippen LogP contribution in [0.25, 0.3) is 11.4 Å². The summed E-state index contributed by atoms with van der Waals surface area (Å²) in [6, 6.07) is 8.06. The quantitative estimate of drug-likeness (QED) is 0.873. The van der Waals surface area contributed by atoms with Gasteiger partial charge in [-0.2, -0.15) is 0 Å². The number of thioether (sulfide) groups is 1. The lowest BCUT2D eigenvalue weighted by atomic mass is 9.88. The van der Waals surface area contributed by atoms with E-state index in [1.165, 1.54) is 0 Å². The third-order valence-corrected chi connectivity index (χ3v) is 4.68. The number of hydrogen-bond acceptors (Lipinski definition) is 4. The summed E-state index contributed by atoms with van der Waals surface area (Å²) in [5.74, 6) is 1.81. The summed E-state index contributed by atoms with van der Waals surface area (Å²) in [6.45, 7) is 6.71. The topological polar surface area (TPSA) is 42.7 Å². The van der Waals surface area contributed by atoms with Gasteiger partial charge in [0, 0.05) is 16.3 Å². The Hall–Kier alpha value is -1.20. The Bertz CT molecular complexity index is 632. The fraction of sp³-hybridized carbons (Fsp3) is 0.429. The van der Waals surface area contributed by atoms with E-state index in [1.807, 2.05) is 28.9 Å². The van der Waals surface area contributed by atoms with Gasteiger partial charge >= 0.3 is 0 Å². The molecule has 1 unspecified atom stereocenters. The molecule has 0 aliphatic carbocycles. The molecular formula is C14H17ClN4S. The SMILES string of the molecule is CC(C)(C)C1CSc2nnc(-c3cccc(Cl)c3)n2N1. The van der Waals surface area contributed by atoms with Crippen molar-refractivity contribution in [2.75, 3.05) is 11.2 Å². The predicted molar refractivity (Wildman–Crippen MR) is 83.8 cm³/mol. The van der Waals surface area contributed by atoms with E-state index in [4.69, 9.17) is 11.6 Å². The van der Waals surface area contributed by atoms with Crippen LogP contribution in [0.3, 0.4) is 0 Å². The fourth-order valence-corrected chi connectivity index (χ4v) is 3.54. The second-order valence-electron chi connectivity index (χ2n) is 6.01. The molecule has 0 fully saturated rings. The van der Waals surface area contributed by atoms with Crippen LogP contribution in [0, 0.1) is 5.41 Å². The molecule has 0 radical (unpaired) electrons. The van der Waals surface area contributed by atoms with Crippen LogP contribution in [0.15, 0.2) is 29.4 Å². The Kier molecular flexibility index (Phi) is 3.42. The third-order valence-electron chi connectivity index (χ3n) is 3.43. The molecule has 1 atom stereocenters. The highest BCUT2D eigenvalue weighted by atomic mass is 35.5. The number of halogens is 1. The van der Waals surface area contributed by atoms with Crippen LogP contribution in [0.1, 0.15) is 20.8 Å². The summed E-state index contributed by atoms with van der Waals surface area (Å²) in [5, 5.41) is 10.2. The fourth-order valence-electron chi connectivity index (χ4n) is 2.09. The molecule has 0 saturated carbocycles. The van der Waals surface area contributed by atoms with E-state index in [1.54, 1.807) is 11.8 Å². The summed E-state index contributed by atoms with van der Waals surface area (Å²) in [6.07, 6.45) is 0. The molecule has 2 heterocycles. The van der Waals surface area contributed by atoms with E-state index in [0.717, 1.165) is 22.3 Å². The molecule has 1 aromatic heterocycles. The maximum absolute atomic E-state index is 6.06. The average Bonchev–Trinajstić information content (AvgIpc) is 2.80. The van der Waals surface area contributed by atoms with Crippen molar-refractivity contribution in [2.45, 2.75) is 32.0 Å². The van der Waals surface area contributed by atoms with Gasteiger partial charge in [-0.05, 0) is 17.5 Å². The molecular weight excluding hydrogens is 292 g/mol. The Morgan fingerprint density at radius 3 is 2.85 bits per heavy atom. The van der Waals surface area contributed by atoms with Crippen LogP contribution >= 0.6 is 23.4 Å². The van der Waals surface area contributed by atoms with Crippen molar-refractivity contribution in [2.24, 2.45) is 5.41 Å². The molecule has 4 nitrogen and oxygen atoms in total. The number of benzene rings is 1. The molecule has 1 N–H and O–H groups in total. The molecule has 1 aliphatic heterocycles. The summed E-state index contributed by atoms with van der Waals surface area (Å²) in [4.78, 5) is 0. The van der Waals surface area contributed by atoms with Gasteiger partial charge in [-0.3, -0.25) is 0 Å². The van der Waals surface area contributed by atoms with Crippen molar-refractivity contribution in [1.82, 2.24) is 14.9 Å². The van der Waals surface area contributed by atoms with Crippen molar-refractivity contribution >= 4 is 23.4 Å². The number of hydrogen-bond donors (Lipinski definition) is 1. The monoisotopic (exact) mass is 308 g/mol. The lowest BCUT2D eigenvalue weighted by molar-refractivity contribution is 0.337. The molecule has 20 heavy (non-hydrogen) atoms. The summed E-state index contributed by atoms with van der Waals surface area (Å²) >= 11 is 7.80. The maximum atomic E-state index is 6.06. The van der Waals surface area contributed by atoms with E-state index in [2.05, 4.69) is 36.4 Å². The minimum atomic E-state index is 0.181. The summed E-state index contributed by atoms with van der Waals surface area (Å²) in [7, 11) is 0. The molecule has 1 aliphatic rings. The lowest BCUT2D eigenvalue weighted by Gasteiger charge is -2.35. The normalized spacial score (nSPS) is 18.5. The number of nitrogens with zero attached hydrogens (tertiary/aromatic N) is 3. The van der Waals surface area contributed by atoms with E-state index >= 15 is 0 Å². The predicted octanol–water partition coefficient (Wildman–Crippen LogP) is 3.66. The molecule has 3 rings (SSSR count). The summed E-state index contributed by atoms with van der Waals surface area (Å²) in [5.41, 5.74) is 4.68. The van der Waals surface area contributed by atoms with Crippen LogP contribution in [0.2, 0.25) is 5.02 Å². The highest BCUT2D eigenvalue weighted by molar-refractivity contribution is 7.99. The first-order valence-electron chi connectivity index (χ1n) is 6.56. The molecule has 0 spiro atoms. The molecule has 0 bridgehead atoms. The van der Waals surface area contributed by atoms with Gasteiger partial charge < -0.3 is 5.43 Å². The molecule has 2 aromatic rings. The summed E-state index contributed by atoms with van der Waals surface area (Å²) < 4.78 is 1.98. The molecule has 106 valence electrons. The first kappa shape index (κ1) is 13.8. The number of nitrogens with one attached hydrogen (secondary N) is 1. The van der Waals surface area contributed by atoms with Crippen LogP contribution in [0.4, 0.5) is 0 Å². The van der Waals surface area contributed by atoms with Crippen LogP contribution in [-0.2, 0) is 0 Å². The highest BCUT2D eigenvalue weighted by Crippen LogP contribution is 2.33. The number of rotatable bonds is 1. The van der Waals surface area contributed by atoms with Gasteiger partial charge in [0.2, 0.25) is 5.16 Å². The van der Waals surface area contributed by atoms with Crippen molar-refractivity contribution in [3.8, 4) is 11.4 Å². The Balaban J connectivity index is 1.99. The standard InChI is InChI=1S/C14H17ClN4S/c1-14(2,3)11-8-20-13-17-16-12(19(13)18-11)9-5-4-6-10(15)7-9/h4-7,11,18H,8H2,1-3H3. The lowest BCUT2D eigenvalue weighted by Crippen LogP contribution is -2.43. The largest absolute Gasteiger partial charge is 0.318 e. The van der Waals surface area contributed by atoms with Crippen molar-refractivity contribution in [3.05, 3.63) is 29.3 Å². The zero-order valence-corrected chi connectivity index (χ0v) is 13.3. The molecule has 1 aromatic carbocycles. The van der Waals surface area contributed by atoms with Gasteiger partial charge in [-0.25, -0.2) is 4.68 Å². The van der Waals surface area contributed by atoms with Crippen LogP contribution < -0.4 is 5.43 Å². The zero-order valence-electron chi connectivity index (χ0n) is 11.7. The highest BCUT2D eigenvalue weighted by Gasteiger charge is 2.31. The van der Waals surface area contributed by atoms with Crippen molar-refractivity contribution in [3.63, 3.8) is 0 Å². The van der Waals surface area contributed by atoms with E-state index < -0.39 is 0 Å². The second kappa shape index (κ2) is 4.97. The Morgan fingerprint density at radius 2 is 2.15 bits per heavy atom.